The summed E-state index contributed by atoms with van der Waals surface area (Å²) < 4.78 is 31.8. The first-order chi connectivity index (χ1) is 11.0. The Kier molecular flexibility index (Phi) is 5.41. The molecule has 0 aromatic heterocycles. The Morgan fingerprint density at radius 3 is 2.52 bits per heavy atom. The lowest BCUT2D eigenvalue weighted by atomic mass is 10.1. The molecule has 0 saturated heterocycles. The van der Waals surface area contributed by atoms with Gasteiger partial charge in [-0.3, -0.25) is 4.79 Å². The predicted molar refractivity (Wildman–Crippen MR) is 83.5 cm³/mol. The van der Waals surface area contributed by atoms with Crippen LogP contribution in [0, 0.1) is 25.5 Å². The Morgan fingerprint density at radius 2 is 1.83 bits per heavy atom. The summed E-state index contributed by atoms with van der Waals surface area (Å²) in [4.78, 5) is 11.7. The molecule has 1 N–H and O–H groups in total. The number of hydrazone groups is 1. The molecule has 0 aliphatic heterocycles. The predicted octanol–water partition coefficient (Wildman–Crippen LogP) is 3.11. The minimum absolute atomic E-state index is 0.0547. The third-order valence-electron chi connectivity index (χ3n) is 3.13. The molecule has 0 aliphatic rings. The molecule has 0 fully saturated rings. The highest BCUT2D eigenvalue weighted by atomic mass is 19.2. The lowest BCUT2D eigenvalue weighted by Gasteiger charge is -2.10. The fraction of sp³-hybridized carbons (Fsp3) is 0.176. The fourth-order valence-electron chi connectivity index (χ4n) is 1.99. The lowest BCUT2D eigenvalue weighted by Crippen LogP contribution is -2.25. The Bertz CT molecular complexity index is 725. The Balaban J connectivity index is 1.90. The van der Waals surface area contributed by atoms with E-state index in [-0.39, 0.29) is 12.2 Å². The van der Waals surface area contributed by atoms with Crippen LogP contribution in [-0.2, 0) is 4.79 Å². The molecule has 2 aromatic carbocycles. The normalized spacial score (nSPS) is 10.8. The highest BCUT2D eigenvalue weighted by Gasteiger charge is 2.07. The van der Waals surface area contributed by atoms with Gasteiger partial charge in [-0.25, -0.2) is 14.2 Å². The topological polar surface area (TPSA) is 50.7 Å². The molecule has 2 rings (SSSR count). The van der Waals surface area contributed by atoms with Gasteiger partial charge in [0.15, 0.2) is 18.2 Å². The van der Waals surface area contributed by atoms with Gasteiger partial charge in [-0.15, -0.1) is 0 Å². The van der Waals surface area contributed by atoms with Crippen molar-refractivity contribution in [2.75, 3.05) is 6.61 Å². The molecule has 2 aromatic rings. The van der Waals surface area contributed by atoms with Crippen molar-refractivity contribution in [3.8, 4) is 5.75 Å². The van der Waals surface area contributed by atoms with E-state index in [9.17, 15) is 13.6 Å². The standard InChI is InChI=1S/C17H16F2N2O2/c1-11-5-3-6-12(2)17(11)23-10-15(22)21-20-9-13-7-4-8-14(18)16(13)19/h3-9H,10H2,1-2H3,(H,21,22)/b20-9+. The second kappa shape index (κ2) is 7.49. The number of hydrogen-bond acceptors (Lipinski definition) is 3. The molecule has 6 heteroatoms. The van der Waals surface area contributed by atoms with Crippen LogP contribution in [0.1, 0.15) is 16.7 Å². The molecule has 0 spiro atoms. The van der Waals surface area contributed by atoms with Gasteiger partial charge < -0.3 is 4.74 Å². The van der Waals surface area contributed by atoms with Crippen LogP contribution in [0.15, 0.2) is 41.5 Å². The van der Waals surface area contributed by atoms with E-state index in [4.69, 9.17) is 4.74 Å². The summed E-state index contributed by atoms with van der Waals surface area (Å²) in [6, 6.07) is 9.36. The molecular formula is C17H16F2N2O2. The number of para-hydroxylation sites is 1. The quantitative estimate of drug-likeness (QED) is 0.680. The number of halogens is 2. The van der Waals surface area contributed by atoms with Crippen LogP contribution in [0.2, 0.25) is 0 Å². The second-order valence-electron chi connectivity index (χ2n) is 4.95. The van der Waals surface area contributed by atoms with Crippen molar-refractivity contribution in [3.05, 3.63) is 64.7 Å². The van der Waals surface area contributed by atoms with Crippen LogP contribution in [-0.4, -0.2) is 18.7 Å². The number of carbonyl (C=O) groups is 1. The molecule has 0 saturated carbocycles. The van der Waals surface area contributed by atoms with Crippen LogP contribution < -0.4 is 10.2 Å². The van der Waals surface area contributed by atoms with Gasteiger partial charge in [0.05, 0.1) is 6.21 Å². The first kappa shape index (κ1) is 16.6. The van der Waals surface area contributed by atoms with Crippen molar-refractivity contribution in [2.45, 2.75) is 13.8 Å². The van der Waals surface area contributed by atoms with Crippen molar-refractivity contribution in [2.24, 2.45) is 5.10 Å². The van der Waals surface area contributed by atoms with Gasteiger partial charge in [0.2, 0.25) is 0 Å². The summed E-state index contributed by atoms with van der Waals surface area (Å²) in [6.07, 6.45) is 1.04. The van der Waals surface area contributed by atoms with E-state index < -0.39 is 17.5 Å². The molecule has 0 radical (unpaired) electrons. The number of nitrogens with zero attached hydrogens (tertiary/aromatic N) is 1. The molecule has 0 bridgehead atoms. The van der Waals surface area contributed by atoms with E-state index in [1.165, 1.54) is 12.1 Å². The molecule has 1 amide bonds. The first-order valence-corrected chi connectivity index (χ1v) is 6.94. The summed E-state index contributed by atoms with van der Waals surface area (Å²) in [5, 5.41) is 3.59. The molecular weight excluding hydrogens is 302 g/mol. The number of benzene rings is 2. The number of amides is 1. The van der Waals surface area contributed by atoms with Gasteiger partial charge >= 0.3 is 0 Å². The lowest BCUT2D eigenvalue weighted by molar-refractivity contribution is -0.123. The highest BCUT2D eigenvalue weighted by molar-refractivity contribution is 5.83. The molecule has 0 atom stereocenters. The van der Waals surface area contributed by atoms with E-state index in [1.807, 2.05) is 32.0 Å². The monoisotopic (exact) mass is 318 g/mol. The summed E-state index contributed by atoms with van der Waals surface area (Å²) in [6.45, 7) is 3.53. The average Bonchev–Trinajstić information content (AvgIpc) is 2.51. The third kappa shape index (κ3) is 4.35. The Morgan fingerprint density at radius 1 is 1.17 bits per heavy atom. The SMILES string of the molecule is Cc1cccc(C)c1OCC(=O)N/N=C/c1cccc(F)c1F. The first-order valence-electron chi connectivity index (χ1n) is 6.94. The Labute approximate surface area is 132 Å². The number of carbonyl (C=O) groups excluding carboxylic acids is 1. The summed E-state index contributed by atoms with van der Waals surface area (Å²) in [7, 11) is 0. The Hall–Kier alpha value is -2.76. The molecule has 23 heavy (non-hydrogen) atoms. The largest absolute Gasteiger partial charge is 0.483 e. The van der Waals surface area contributed by atoms with Gasteiger partial charge in [0.1, 0.15) is 5.75 Å². The van der Waals surface area contributed by atoms with E-state index in [0.717, 1.165) is 23.4 Å². The summed E-state index contributed by atoms with van der Waals surface area (Å²) in [5.41, 5.74) is 3.99. The van der Waals surface area contributed by atoms with Crippen LogP contribution in [0.3, 0.4) is 0 Å². The second-order valence-corrected chi connectivity index (χ2v) is 4.95. The zero-order valence-electron chi connectivity index (χ0n) is 12.8. The minimum atomic E-state index is -1.02. The molecule has 4 nitrogen and oxygen atoms in total. The number of aryl methyl sites for hydroxylation is 2. The molecule has 0 heterocycles. The van der Waals surface area contributed by atoms with Crippen molar-refractivity contribution in [1.82, 2.24) is 5.43 Å². The van der Waals surface area contributed by atoms with Gasteiger partial charge in [-0.2, -0.15) is 5.10 Å². The van der Waals surface area contributed by atoms with E-state index >= 15 is 0 Å². The van der Waals surface area contributed by atoms with Gasteiger partial charge in [0, 0.05) is 5.56 Å². The zero-order valence-corrected chi connectivity index (χ0v) is 12.8. The minimum Gasteiger partial charge on any atom is -0.483 e. The van der Waals surface area contributed by atoms with Crippen LogP contribution in [0.25, 0.3) is 0 Å². The highest BCUT2D eigenvalue weighted by Crippen LogP contribution is 2.21. The van der Waals surface area contributed by atoms with Crippen molar-refractivity contribution < 1.29 is 18.3 Å². The fourth-order valence-corrected chi connectivity index (χ4v) is 1.99. The van der Waals surface area contributed by atoms with Gasteiger partial charge in [0.25, 0.3) is 5.91 Å². The average molecular weight is 318 g/mol. The molecule has 0 aliphatic carbocycles. The van der Waals surface area contributed by atoms with E-state index in [2.05, 4.69) is 10.5 Å². The van der Waals surface area contributed by atoms with Gasteiger partial charge in [-0.1, -0.05) is 30.3 Å². The third-order valence-corrected chi connectivity index (χ3v) is 3.13. The summed E-state index contributed by atoms with van der Waals surface area (Å²) in [5.74, 6) is -1.85. The van der Waals surface area contributed by atoms with Crippen LogP contribution in [0.4, 0.5) is 8.78 Å². The number of ether oxygens (including phenoxy) is 1. The maximum absolute atomic E-state index is 13.4. The smallest absolute Gasteiger partial charge is 0.277 e. The van der Waals surface area contributed by atoms with E-state index in [1.54, 1.807) is 0 Å². The van der Waals surface area contributed by atoms with Crippen molar-refractivity contribution in [1.29, 1.82) is 0 Å². The van der Waals surface area contributed by atoms with Crippen molar-refractivity contribution >= 4 is 12.1 Å². The van der Waals surface area contributed by atoms with Crippen molar-refractivity contribution in [3.63, 3.8) is 0 Å². The zero-order chi connectivity index (χ0) is 16.8. The maximum atomic E-state index is 13.4. The molecule has 120 valence electrons. The summed E-state index contributed by atoms with van der Waals surface area (Å²) >= 11 is 0. The van der Waals surface area contributed by atoms with Crippen LogP contribution >= 0.6 is 0 Å². The number of nitrogens with one attached hydrogen (secondary N) is 1. The van der Waals surface area contributed by atoms with Crippen LogP contribution in [0.5, 0.6) is 5.75 Å². The van der Waals surface area contributed by atoms with E-state index in [0.29, 0.717) is 5.75 Å². The number of rotatable bonds is 5. The molecule has 0 unspecified atom stereocenters. The van der Waals surface area contributed by atoms with Gasteiger partial charge in [-0.05, 0) is 31.0 Å². The number of hydrogen-bond donors (Lipinski definition) is 1. The maximum Gasteiger partial charge on any atom is 0.277 e.